The van der Waals surface area contributed by atoms with Crippen LogP contribution in [-0.4, -0.2) is 23.4 Å². The molecule has 0 atom stereocenters. The number of hydrogen-bond donors (Lipinski definition) is 3. The zero-order valence-electron chi connectivity index (χ0n) is 7.26. The van der Waals surface area contributed by atoms with Gasteiger partial charge in [0, 0.05) is 13.2 Å². The minimum absolute atomic E-state index is 0. The van der Waals surface area contributed by atoms with Gasteiger partial charge in [-0.25, -0.2) is 0 Å². The molecule has 0 bridgehead atoms. The first-order valence-corrected chi connectivity index (χ1v) is 4.13. The van der Waals surface area contributed by atoms with Gasteiger partial charge in [0.25, 0.3) is 0 Å². The summed E-state index contributed by atoms with van der Waals surface area (Å²) in [5, 5.41) is 16.9. The average molecular weight is 163 g/mol. The lowest BCUT2D eigenvalue weighted by Crippen LogP contribution is -1.85. The van der Waals surface area contributed by atoms with E-state index in [9.17, 15) is 0 Å². The Bertz CT molecular complexity index is 52.1. The third-order valence-corrected chi connectivity index (χ3v) is 1.57. The Labute approximate surface area is 69.0 Å². The van der Waals surface area contributed by atoms with E-state index in [1.165, 1.54) is 12.8 Å². The molecule has 0 aliphatic heterocycles. The van der Waals surface area contributed by atoms with Crippen molar-refractivity contribution in [3.63, 3.8) is 0 Å². The summed E-state index contributed by atoms with van der Waals surface area (Å²) in [5.74, 6) is 0. The van der Waals surface area contributed by atoms with Crippen LogP contribution in [0.1, 0.15) is 38.5 Å². The van der Waals surface area contributed by atoms with Gasteiger partial charge in [-0.2, -0.15) is 0 Å². The zero-order valence-corrected chi connectivity index (χ0v) is 7.26. The molecule has 3 nitrogen and oxygen atoms in total. The SMILES string of the molecule is N.OCCCCCCCCO. The van der Waals surface area contributed by atoms with Crippen LogP contribution in [0.4, 0.5) is 0 Å². The van der Waals surface area contributed by atoms with Gasteiger partial charge < -0.3 is 16.4 Å². The summed E-state index contributed by atoms with van der Waals surface area (Å²) in [5.41, 5.74) is 0. The smallest absolute Gasteiger partial charge is 0.0431 e. The Morgan fingerprint density at radius 3 is 1.09 bits per heavy atom. The largest absolute Gasteiger partial charge is 0.396 e. The molecule has 70 valence electrons. The van der Waals surface area contributed by atoms with Crippen molar-refractivity contribution in [2.75, 3.05) is 13.2 Å². The summed E-state index contributed by atoms with van der Waals surface area (Å²) < 4.78 is 0. The van der Waals surface area contributed by atoms with Crippen molar-refractivity contribution >= 4 is 0 Å². The maximum atomic E-state index is 8.43. The van der Waals surface area contributed by atoms with Crippen LogP contribution in [0.2, 0.25) is 0 Å². The predicted octanol–water partition coefficient (Wildman–Crippen LogP) is 1.47. The third-order valence-electron chi connectivity index (χ3n) is 1.57. The first-order valence-electron chi connectivity index (χ1n) is 4.13. The van der Waals surface area contributed by atoms with Crippen molar-refractivity contribution in [2.24, 2.45) is 0 Å². The molecule has 11 heavy (non-hydrogen) atoms. The molecule has 0 fully saturated rings. The Hall–Kier alpha value is -0.120. The second-order valence-corrected chi connectivity index (χ2v) is 2.57. The highest BCUT2D eigenvalue weighted by molar-refractivity contribution is 4.43. The standard InChI is InChI=1S/C8H18O2.H3N/c9-7-5-3-1-2-4-6-8-10;/h9-10H,1-8H2;1H3. The minimum Gasteiger partial charge on any atom is -0.396 e. The number of aliphatic hydroxyl groups is 2. The Morgan fingerprint density at radius 2 is 0.818 bits per heavy atom. The van der Waals surface area contributed by atoms with E-state index < -0.39 is 0 Å². The summed E-state index contributed by atoms with van der Waals surface area (Å²) in [7, 11) is 0. The van der Waals surface area contributed by atoms with Crippen LogP contribution in [-0.2, 0) is 0 Å². The molecule has 0 amide bonds. The number of unbranched alkanes of at least 4 members (excludes halogenated alkanes) is 5. The van der Waals surface area contributed by atoms with Crippen molar-refractivity contribution in [3.8, 4) is 0 Å². The second-order valence-electron chi connectivity index (χ2n) is 2.57. The van der Waals surface area contributed by atoms with E-state index in [2.05, 4.69) is 0 Å². The number of hydrogen-bond acceptors (Lipinski definition) is 3. The molecular formula is C8H21NO2. The maximum Gasteiger partial charge on any atom is 0.0431 e. The molecule has 0 radical (unpaired) electrons. The summed E-state index contributed by atoms with van der Waals surface area (Å²) in [6.07, 6.45) is 6.50. The van der Waals surface area contributed by atoms with Crippen molar-refractivity contribution in [1.82, 2.24) is 6.15 Å². The average Bonchev–Trinajstić information content (AvgIpc) is 1.97. The first-order chi connectivity index (χ1) is 4.91. The van der Waals surface area contributed by atoms with Crippen molar-refractivity contribution in [1.29, 1.82) is 0 Å². The highest BCUT2D eigenvalue weighted by Gasteiger charge is 1.88. The molecule has 0 saturated heterocycles. The predicted molar refractivity (Wildman–Crippen MR) is 46.9 cm³/mol. The molecule has 0 aromatic carbocycles. The molecule has 0 aliphatic carbocycles. The van der Waals surface area contributed by atoms with Gasteiger partial charge in [0.15, 0.2) is 0 Å². The lowest BCUT2D eigenvalue weighted by molar-refractivity contribution is 0.275. The van der Waals surface area contributed by atoms with E-state index in [1.54, 1.807) is 0 Å². The maximum absolute atomic E-state index is 8.43. The molecule has 0 unspecified atom stereocenters. The Morgan fingerprint density at radius 1 is 0.545 bits per heavy atom. The van der Waals surface area contributed by atoms with E-state index in [1.807, 2.05) is 0 Å². The normalized spacial score (nSPS) is 9.27. The van der Waals surface area contributed by atoms with E-state index in [4.69, 9.17) is 10.2 Å². The highest BCUT2D eigenvalue weighted by Crippen LogP contribution is 2.03. The molecule has 0 aromatic rings. The minimum atomic E-state index is 0. The van der Waals surface area contributed by atoms with E-state index >= 15 is 0 Å². The highest BCUT2D eigenvalue weighted by atomic mass is 16.3. The van der Waals surface area contributed by atoms with E-state index in [0.717, 1.165) is 25.7 Å². The molecule has 0 spiro atoms. The van der Waals surface area contributed by atoms with Crippen LogP contribution >= 0.6 is 0 Å². The van der Waals surface area contributed by atoms with Crippen molar-refractivity contribution < 1.29 is 10.2 Å². The van der Waals surface area contributed by atoms with Gasteiger partial charge in [0.1, 0.15) is 0 Å². The fourth-order valence-corrected chi connectivity index (χ4v) is 0.931. The topological polar surface area (TPSA) is 75.5 Å². The van der Waals surface area contributed by atoms with Crippen LogP contribution in [0.3, 0.4) is 0 Å². The molecule has 0 aromatic heterocycles. The van der Waals surface area contributed by atoms with Crippen LogP contribution in [0.5, 0.6) is 0 Å². The van der Waals surface area contributed by atoms with Crippen LogP contribution in [0.25, 0.3) is 0 Å². The molecule has 5 N–H and O–H groups in total. The monoisotopic (exact) mass is 163 g/mol. The molecule has 0 rings (SSSR count). The lowest BCUT2D eigenvalue weighted by atomic mass is 10.1. The van der Waals surface area contributed by atoms with Gasteiger partial charge in [0.2, 0.25) is 0 Å². The first kappa shape index (κ1) is 13.5. The molecule has 0 aliphatic rings. The van der Waals surface area contributed by atoms with Crippen LogP contribution in [0.15, 0.2) is 0 Å². The molecule has 0 heterocycles. The van der Waals surface area contributed by atoms with E-state index in [0.29, 0.717) is 13.2 Å². The third kappa shape index (κ3) is 13.0. The fourth-order valence-electron chi connectivity index (χ4n) is 0.931. The Balaban J connectivity index is 0. The summed E-state index contributed by atoms with van der Waals surface area (Å²) in [4.78, 5) is 0. The van der Waals surface area contributed by atoms with Crippen LogP contribution < -0.4 is 6.15 Å². The second kappa shape index (κ2) is 12.5. The van der Waals surface area contributed by atoms with Crippen molar-refractivity contribution in [3.05, 3.63) is 0 Å². The summed E-state index contributed by atoms with van der Waals surface area (Å²) >= 11 is 0. The number of rotatable bonds is 7. The fraction of sp³-hybridized carbons (Fsp3) is 1.00. The summed E-state index contributed by atoms with van der Waals surface area (Å²) in [6, 6.07) is 0. The van der Waals surface area contributed by atoms with Gasteiger partial charge in [-0.05, 0) is 12.8 Å². The number of aliphatic hydroxyl groups excluding tert-OH is 2. The van der Waals surface area contributed by atoms with Gasteiger partial charge in [0.05, 0.1) is 0 Å². The molecular weight excluding hydrogens is 142 g/mol. The zero-order chi connectivity index (χ0) is 7.66. The van der Waals surface area contributed by atoms with Gasteiger partial charge in [-0.15, -0.1) is 0 Å². The Kier molecular flexibility index (Phi) is 15.4. The van der Waals surface area contributed by atoms with Gasteiger partial charge in [-0.1, -0.05) is 25.7 Å². The lowest BCUT2D eigenvalue weighted by Gasteiger charge is -1.97. The molecule has 3 heteroatoms. The quantitative estimate of drug-likeness (QED) is 0.497. The van der Waals surface area contributed by atoms with Crippen molar-refractivity contribution in [2.45, 2.75) is 38.5 Å². The summed E-state index contributed by atoms with van der Waals surface area (Å²) in [6.45, 7) is 0.639. The van der Waals surface area contributed by atoms with Gasteiger partial charge >= 0.3 is 0 Å². The van der Waals surface area contributed by atoms with Gasteiger partial charge in [-0.3, -0.25) is 0 Å². The molecule has 0 saturated carbocycles. The van der Waals surface area contributed by atoms with Crippen LogP contribution in [0, 0.1) is 0 Å². The van der Waals surface area contributed by atoms with E-state index in [-0.39, 0.29) is 6.15 Å².